The van der Waals surface area contributed by atoms with E-state index in [-0.39, 0.29) is 0 Å². The molecule has 1 atom stereocenters. The molecule has 0 aliphatic rings. The SMILES string of the molecule is CCCC(CCC)C(NC)c1cccc(C)c1. The van der Waals surface area contributed by atoms with Crippen molar-refractivity contribution in [3.05, 3.63) is 35.4 Å². The molecular formula is C16H27N. The van der Waals surface area contributed by atoms with Crippen molar-refractivity contribution in [1.82, 2.24) is 5.32 Å². The summed E-state index contributed by atoms with van der Waals surface area (Å²) in [6, 6.07) is 9.43. The molecule has 0 radical (unpaired) electrons. The summed E-state index contributed by atoms with van der Waals surface area (Å²) in [5, 5.41) is 3.52. The van der Waals surface area contributed by atoms with Gasteiger partial charge in [-0.1, -0.05) is 56.5 Å². The normalized spacial score (nSPS) is 13.0. The van der Waals surface area contributed by atoms with E-state index in [1.807, 2.05) is 0 Å². The van der Waals surface area contributed by atoms with Crippen molar-refractivity contribution >= 4 is 0 Å². The Balaban J connectivity index is 2.87. The summed E-state index contributed by atoms with van der Waals surface area (Å²) in [7, 11) is 2.09. The van der Waals surface area contributed by atoms with Gasteiger partial charge in [-0.3, -0.25) is 0 Å². The van der Waals surface area contributed by atoms with Gasteiger partial charge in [0, 0.05) is 6.04 Å². The third kappa shape index (κ3) is 4.16. The highest BCUT2D eigenvalue weighted by Gasteiger charge is 2.20. The van der Waals surface area contributed by atoms with E-state index in [9.17, 15) is 0 Å². The minimum absolute atomic E-state index is 0.509. The minimum atomic E-state index is 0.509. The van der Waals surface area contributed by atoms with Gasteiger partial charge in [0.15, 0.2) is 0 Å². The van der Waals surface area contributed by atoms with Crippen LogP contribution in [0.4, 0.5) is 0 Å². The zero-order chi connectivity index (χ0) is 12.7. The van der Waals surface area contributed by atoms with Gasteiger partial charge in [0.05, 0.1) is 0 Å². The van der Waals surface area contributed by atoms with Crippen molar-refractivity contribution < 1.29 is 0 Å². The van der Waals surface area contributed by atoms with Crippen LogP contribution in [-0.2, 0) is 0 Å². The monoisotopic (exact) mass is 233 g/mol. The molecule has 0 heterocycles. The van der Waals surface area contributed by atoms with Gasteiger partial charge in [0.1, 0.15) is 0 Å². The van der Waals surface area contributed by atoms with Crippen molar-refractivity contribution in [1.29, 1.82) is 0 Å². The van der Waals surface area contributed by atoms with Gasteiger partial charge in [-0.05, 0) is 38.3 Å². The number of aryl methyl sites for hydroxylation is 1. The molecule has 0 saturated carbocycles. The van der Waals surface area contributed by atoms with Gasteiger partial charge in [-0.15, -0.1) is 0 Å². The molecule has 1 N–H and O–H groups in total. The number of rotatable bonds is 7. The minimum Gasteiger partial charge on any atom is -0.313 e. The largest absolute Gasteiger partial charge is 0.313 e. The molecule has 0 aromatic heterocycles. The van der Waals surface area contributed by atoms with Gasteiger partial charge >= 0.3 is 0 Å². The Hall–Kier alpha value is -0.820. The molecule has 1 aromatic rings. The van der Waals surface area contributed by atoms with Crippen LogP contribution in [-0.4, -0.2) is 7.05 Å². The Morgan fingerprint density at radius 2 is 1.76 bits per heavy atom. The maximum Gasteiger partial charge on any atom is 0.0346 e. The third-order valence-corrected chi connectivity index (χ3v) is 3.50. The highest BCUT2D eigenvalue weighted by Crippen LogP contribution is 2.29. The van der Waals surface area contributed by atoms with Crippen LogP contribution in [0.5, 0.6) is 0 Å². The van der Waals surface area contributed by atoms with Gasteiger partial charge in [0.2, 0.25) is 0 Å². The summed E-state index contributed by atoms with van der Waals surface area (Å²) in [4.78, 5) is 0. The second-order valence-corrected chi connectivity index (χ2v) is 5.02. The molecule has 0 aliphatic heterocycles. The third-order valence-electron chi connectivity index (χ3n) is 3.50. The van der Waals surface area contributed by atoms with Crippen LogP contribution >= 0.6 is 0 Å². The second kappa shape index (κ2) is 7.50. The molecule has 0 spiro atoms. The van der Waals surface area contributed by atoms with E-state index in [0.717, 1.165) is 5.92 Å². The Labute approximate surface area is 107 Å². The topological polar surface area (TPSA) is 12.0 Å². The van der Waals surface area contributed by atoms with Crippen molar-refractivity contribution in [2.45, 2.75) is 52.5 Å². The summed E-state index contributed by atoms with van der Waals surface area (Å²) >= 11 is 0. The van der Waals surface area contributed by atoms with E-state index in [1.165, 1.54) is 36.8 Å². The van der Waals surface area contributed by atoms with Crippen LogP contribution in [0.2, 0.25) is 0 Å². The Morgan fingerprint density at radius 1 is 1.12 bits per heavy atom. The van der Waals surface area contributed by atoms with Gasteiger partial charge < -0.3 is 5.32 Å². The van der Waals surface area contributed by atoms with Crippen LogP contribution in [0.25, 0.3) is 0 Å². The maximum atomic E-state index is 3.52. The predicted molar refractivity (Wildman–Crippen MR) is 76.3 cm³/mol. The van der Waals surface area contributed by atoms with Crippen LogP contribution < -0.4 is 5.32 Å². The zero-order valence-corrected chi connectivity index (χ0v) is 11.8. The van der Waals surface area contributed by atoms with Crippen molar-refractivity contribution in [3.8, 4) is 0 Å². The quantitative estimate of drug-likeness (QED) is 0.732. The summed E-state index contributed by atoms with van der Waals surface area (Å²) in [6.07, 6.45) is 5.17. The molecular weight excluding hydrogens is 206 g/mol. The van der Waals surface area contributed by atoms with Crippen molar-refractivity contribution in [3.63, 3.8) is 0 Å². The summed E-state index contributed by atoms with van der Waals surface area (Å²) in [6.45, 7) is 6.74. The molecule has 1 rings (SSSR count). The molecule has 1 nitrogen and oxygen atoms in total. The highest BCUT2D eigenvalue weighted by atomic mass is 14.9. The lowest BCUT2D eigenvalue weighted by Gasteiger charge is -2.27. The molecule has 0 fully saturated rings. The molecule has 0 saturated heterocycles. The number of hydrogen-bond acceptors (Lipinski definition) is 1. The summed E-state index contributed by atoms with van der Waals surface area (Å²) in [5.41, 5.74) is 2.80. The van der Waals surface area contributed by atoms with Crippen molar-refractivity contribution in [2.24, 2.45) is 5.92 Å². The van der Waals surface area contributed by atoms with Crippen LogP contribution in [0, 0.1) is 12.8 Å². The average molecular weight is 233 g/mol. The van der Waals surface area contributed by atoms with E-state index >= 15 is 0 Å². The average Bonchev–Trinajstić information content (AvgIpc) is 2.31. The molecule has 0 amide bonds. The lowest BCUT2D eigenvalue weighted by atomic mass is 9.86. The van der Waals surface area contributed by atoms with Gasteiger partial charge in [0.25, 0.3) is 0 Å². The molecule has 0 bridgehead atoms. The van der Waals surface area contributed by atoms with Gasteiger partial charge in [-0.25, -0.2) is 0 Å². The number of benzene rings is 1. The molecule has 17 heavy (non-hydrogen) atoms. The Kier molecular flexibility index (Phi) is 6.28. The maximum absolute atomic E-state index is 3.52. The standard InChI is InChI=1S/C16H27N/c1-5-8-14(9-6-2)16(17-4)15-11-7-10-13(3)12-15/h7,10-12,14,16-17H,5-6,8-9H2,1-4H3. The predicted octanol–water partition coefficient (Wildman–Crippen LogP) is 4.47. The molecule has 1 unspecified atom stereocenters. The van der Waals surface area contributed by atoms with E-state index in [1.54, 1.807) is 0 Å². The fourth-order valence-electron chi connectivity index (χ4n) is 2.76. The van der Waals surface area contributed by atoms with E-state index in [4.69, 9.17) is 0 Å². The molecule has 0 aliphatic carbocycles. The fraction of sp³-hybridized carbons (Fsp3) is 0.625. The lowest BCUT2D eigenvalue weighted by Crippen LogP contribution is -2.25. The van der Waals surface area contributed by atoms with E-state index < -0.39 is 0 Å². The van der Waals surface area contributed by atoms with Gasteiger partial charge in [-0.2, -0.15) is 0 Å². The number of nitrogens with one attached hydrogen (secondary N) is 1. The molecule has 1 aromatic carbocycles. The Morgan fingerprint density at radius 3 is 2.24 bits per heavy atom. The zero-order valence-electron chi connectivity index (χ0n) is 11.8. The van der Waals surface area contributed by atoms with E-state index in [0.29, 0.717) is 6.04 Å². The second-order valence-electron chi connectivity index (χ2n) is 5.02. The molecule has 1 heteroatoms. The first-order chi connectivity index (χ1) is 8.22. The van der Waals surface area contributed by atoms with Crippen molar-refractivity contribution in [2.75, 3.05) is 7.05 Å². The summed E-state index contributed by atoms with van der Waals surface area (Å²) in [5.74, 6) is 0.761. The smallest absolute Gasteiger partial charge is 0.0346 e. The first kappa shape index (κ1) is 14.2. The Bertz CT molecular complexity index is 313. The van der Waals surface area contributed by atoms with E-state index in [2.05, 4.69) is 57.4 Å². The highest BCUT2D eigenvalue weighted by molar-refractivity contribution is 5.25. The number of hydrogen-bond donors (Lipinski definition) is 1. The van der Waals surface area contributed by atoms with Crippen LogP contribution in [0.3, 0.4) is 0 Å². The fourth-order valence-corrected chi connectivity index (χ4v) is 2.76. The molecule has 96 valence electrons. The first-order valence-electron chi connectivity index (χ1n) is 6.96. The first-order valence-corrected chi connectivity index (χ1v) is 6.96. The van der Waals surface area contributed by atoms with Crippen LogP contribution in [0.1, 0.15) is 56.7 Å². The van der Waals surface area contributed by atoms with Crippen LogP contribution in [0.15, 0.2) is 24.3 Å². The lowest BCUT2D eigenvalue weighted by molar-refractivity contribution is 0.331. The summed E-state index contributed by atoms with van der Waals surface area (Å²) < 4.78 is 0.